The number of morpholine rings is 1. The Hall–Kier alpha value is -2.07. The number of nitrogens with zero attached hydrogens (tertiary/aromatic N) is 4. The SMILES string of the molecule is CC1CN(c2c(C#N)c(=O)n(C)c(=O)n2C)CCO1. The maximum Gasteiger partial charge on any atom is 0.332 e. The Morgan fingerprint density at radius 1 is 1.32 bits per heavy atom. The van der Waals surface area contributed by atoms with E-state index in [0.29, 0.717) is 25.5 Å². The summed E-state index contributed by atoms with van der Waals surface area (Å²) in [5.41, 5.74) is -0.989. The Kier molecular flexibility index (Phi) is 3.44. The van der Waals surface area contributed by atoms with Gasteiger partial charge in [0.25, 0.3) is 5.56 Å². The van der Waals surface area contributed by atoms with E-state index in [9.17, 15) is 14.9 Å². The van der Waals surface area contributed by atoms with Gasteiger partial charge in [-0.05, 0) is 6.92 Å². The lowest BCUT2D eigenvalue weighted by Gasteiger charge is -2.34. The third-order valence-electron chi connectivity index (χ3n) is 3.29. The van der Waals surface area contributed by atoms with Crippen molar-refractivity contribution >= 4 is 5.82 Å². The van der Waals surface area contributed by atoms with Crippen LogP contribution in [0.3, 0.4) is 0 Å². The van der Waals surface area contributed by atoms with Crippen LogP contribution in [0.2, 0.25) is 0 Å². The van der Waals surface area contributed by atoms with Gasteiger partial charge in [-0.1, -0.05) is 0 Å². The molecule has 19 heavy (non-hydrogen) atoms. The molecule has 0 saturated carbocycles. The van der Waals surface area contributed by atoms with Crippen LogP contribution in [0, 0.1) is 11.3 Å². The zero-order valence-electron chi connectivity index (χ0n) is 11.2. The molecule has 0 spiro atoms. The van der Waals surface area contributed by atoms with Crippen molar-refractivity contribution < 1.29 is 4.74 Å². The lowest BCUT2D eigenvalue weighted by atomic mass is 10.2. The van der Waals surface area contributed by atoms with Gasteiger partial charge in [-0.3, -0.25) is 13.9 Å². The van der Waals surface area contributed by atoms with Crippen molar-refractivity contribution in [2.24, 2.45) is 14.1 Å². The number of nitriles is 1. The highest BCUT2D eigenvalue weighted by molar-refractivity contribution is 5.53. The van der Waals surface area contributed by atoms with E-state index in [1.54, 1.807) is 7.05 Å². The monoisotopic (exact) mass is 264 g/mol. The van der Waals surface area contributed by atoms with Gasteiger partial charge >= 0.3 is 5.69 Å². The molecule has 1 aromatic rings. The summed E-state index contributed by atoms with van der Waals surface area (Å²) >= 11 is 0. The van der Waals surface area contributed by atoms with Crippen molar-refractivity contribution in [2.75, 3.05) is 24.6 Å². The van der Waals surface area contributed by atoms with E-state index in [-0.39, 0.29) is 11.7 Å². The number of hydrogen-bond acceptors (Lipinski definition) is 5. The van der Waals surface area contributed by atoms with Gasteiger partial charge in [-0.2, -0.15) is 5.26 Å². The van der Waals surface area contributed by atoms with Gasteiger partial charge in [0.1, 0.15) is 11.9 Å². The van der Waals surface area contributed by atoms with Gasteiger partial charge < -0.3 is 9.64 Å². The molecule has 7 heteroatoms. The van der Waals surface area contributed by atoms with Gasteiger partial charge in [0.15, 0.2) is 5.56 Å². The van der Waals surface area contributed by atoms with Crippen LogP contribution < -0.4 is 16.1 Å². The first-order valence-electron chi connectivity index (χ1n) is 6.04. The largest absolute Gasteiger partial charge is 0.375 e. The summed E-state index contributed by atoms with van der Waals surface area (Å²) in [5.74, 6) is 0.380. The molecule has 0 amide bonds. The van der Waals surface area contributed by atoms with Gasteiger partial charge in [0.05, 0.1) is 12.7 Å². The van der Waals surface area contributed by atoms with Crippen molar-refractivity contribution in [1.82, 2.24) is 9.13 Å². The predicted octanol–water partition coefficient (Wildman–Crippen LogP) is -0.819. The Morgan fingerprint density at radius 2 is 2.00 bits per heavy atom. The average Bonchev–Trinajstić information content (AvgIpc) is 2.40. The topological polar surface area (TPSA) is 80.3 Å². The van der Waals surface area contributed by atoms with E-state index in [0.717, 1.165) is 4.57 Å². The van der Waals surface area contributed by atoms with Gasteiger partial charge in [0.2, 0.25) is 0 Å². The van der Waals surface area contributed by atoms with Crippen LogP contribution in [-0.2, 0) is 18.8 Å². The fraction of sp³-hybridized carbons (Fsp3) is 0.583. The molecule has 0 N–H and O–H groups in total. The summed E-state index contributed by atoms with van der Waals surface area (Å²) in [6, 6.07) is 1.91. The normalized spacial score (nSPS) is 19.3. The minimum Gasteiger partial charge on any atom is -0.375 e. The summed E-state index contributed by atoms with van der Waals surface area (Å²) in [4.78, 5) is 25.8. The first-order chi connectivity index (χ1) is 8.97. The molecule has 1 fully saturated rings. The van der Waals surface area contributed by atoms with Crippen molar-refractivity contribution in [3.8, 4) is 6.07 Å². The Balaban J connectivity index is 2.66. The number of anilines is 1. The highest BCUT2D eigenvalue weighted by Gasteiger charge is 2.24. The zero-order valence-corrected chi connectivity index (χ0v) is 11.2. The third-order valence-corrected chi connectivity index (χ3v) is 3.29. The summed E-state index contributed by atoms with van der Waals surface area (Å²) in [7, 11) is 2.94. The molecule has 1 aliphatic heterocycles. The lowest BCUT2D eigenvalue weighted by molar-refractivity contribution is 0.0526. The predicted molar refractivity (Wildman–Crippen MR) is 69.3 cm³/mol. The number of rotatable bonds is 1. The average molecular weight is 264 g/mol. The summed E-state index contributed by atoms with van der Waals surface area (Å²) < 4.78 is 7.73. The van der Waals surface area contributed by atoms with Crippen molar-refractivity contribution in [3.63, 3.8) is 0 Å². The first kappa shape index (κ1) is 13.4. The molecular weight excluding hydrogens is 248 g/mol. The lowest BCUT2D eigenvalue weighted by Crippen LogP contribution is -2.47. The summed E-state index contributed by atoms with van der Waals surface area (Å²) in [6.07, 6.45) is -0.000506. The Morgan fingerprint density at radius 3 is 2.58 bits per heavy atom. The molecule has 1 aromatic heterocycles. The molecule has 0 aromatic carbocycles. The van der Waals surface area contributed by atoms with Crippen LogP contribution in [-0.4, -0.2) is 34.9 Å². The first-order valence-corrected chi connectivity index (χ1v) is 6.04. The molecule has 1 unspecified atom stereocenters. The van der Waals surface area contributed by atoms with Crippen LogP contribution in [0.15, 0.2) is 9.59 Å². The molecule has 2 heterocycles. The molecule has 1 atom stereocenters. The van der Waals surface area contributed by atoms with Crippen molar-refractivity contribution in [1.29, 1.82) is 5.26 Å². The standard InChI is InChI=1S/C12H16N4O3/c1-8-7-16(4-5-19-8)10-9(6-13)11(17)15(3)12(18)14(10)2/h8H,4-5,7H2,1-3H3. The second-order valence-corrected chi connectivity index (χ2v) is 4.64. The maximum absolute atomic E-state index is 12.0. The third kappa shape index (κ3) is 2.15. The Bertz CT molecular complexity index is 653. The minimum absolute atomic E-state index is 0.000506. The molecule has 7 nitrogen and oxygen atoms in total. The van der Waals surface area contributed by atoms with Gasteiger partial charge in [0, 0.05) is 27.2 Å². The fourth-order valence-electron chi connectivity index (χ4n) is 2.31. The fourth-order valence-corrected chi connectivity index (χ4v) is 2.31. The van der Waals surface area contributed by atoms with Gasteiger partial charge in [-0.15, -0.1) is 0 Å². The van der Waals surface area contributed by atoms with Gasteiger partial charge in [-0.25, -0.2) is 4.79 Å². The van der Waals surface area contributed by atoms with E-state index >= 15 is 0 Å². The molecule has 102 valence electrons. The second-order valence-electron chi connectivity index (χ2n) is 4.64. The van der Waals surface area contributed by atoms with Crippen LogP contribution in [0.1, 0.15) is 12.5 Å². The molecule has 0 aliphatic carbocycles. The molecular formula is C12H16N4O3. The number of ether oxygens (including phenoxy) is 1. The second kappa shape index (κ2) is 4.90. The molecule has 1 saturated heterocycles. The van der Waals surface area contributed by atoms with E-state index in [1.807, 2.05) is 17.9 Å². The smallest absolute Gasteiger partial charge is 0.332 e. The molecule has 2 rings (SSSR count). The van der Waals surface area contributed by atoms with E-state index in [2.05, 4.69) is 0 Å². The molecule has 0 bridgehead atoms. The van der Waals surface area contributed by atoms with Crippen LogP contribution in [0.5, 0.6) is 0 Å². The van der Waals surface area contributed by atoms with Crippen LogP contribution in [0.4, 0.5) is 5.82 Å². The number of hydrogen-bond donors (Lipinski definition) is 0. The van der Waals surface area contributed by atoms with Crippen molar-refractivity contribution in [3.05, 3.63) is 26.4 Å². The Labute approximate surface area is 110 Å². The minimum atomic E-state index is -0.556. The summed E-state index contributed by atoms with van der Waals surface area (Å²) in [6.45, 7) is 3.53. The van der Waals surface area contributed by atoms with E-state index in [1.165, 1.54) is 11.6 Å². The molecule has 0 radical (unpaired) electrons. The van der Waals surface area contributed by atoms with E-state index in [4.69, 9.17) is 4.74 Å². The molecule has 1 aliphatic rings. The maximum atomic E-state index is 12.0. The number of aromatic nitrogens is 2. The quantitative estimate of drug-likeness (QED) is 0.662. The van der Waals surface area contributed by atoms with Crippen LogP contribution in [0.25, 0.3) is 0 Å². The van der Waals surface area contributed by atoms with E-state index < -0.39 is 11.2 Å². The highest BCUT2D eigenvalue weighted by atomic mass is 16.5. The van der Waals surface area contributed by atoms with Crippen LogP contribution >= 0.6 is 0 Å². The van der Waals surface area contributed by atoms with Crippen molar-refractivity contribution in [2.45, 2.75) is 13.0 Å². The summed E-state index contributed by atoms with van der Waals surface area (Å²) in [5, 5.41) is 9.20. The zero-order chi connectivity index (χ0) is 14.2. The highest BCUT2D eigenvalue weighted by Crippen LogP contribution is 2.17.